The Morgan fingerprint density at radius 3 is 2.15 bits per heavy atom. The first-order valence-corrected chi connectivity index (χ1v) is 3.13. The molecule has 1 aromatic rings. The van der Waals surface area contributed by atoms with Crippen LogP contribution in [-0.4, -0.2) is 21.6 Å². The third-order valence-corrected chi connectivity index (χ3v) is 1.08. The number of nitro groups is 1. The second-order valence-corrected chi connectivity index (χ2v) is 1.85. The van der Waals surface area contributed by atoms with Crippen LogP contribution in [-0.2, 0) is 4.79 Å². The zero-order chi connectivity index (χ0) is 10.3. The summed E-state index contributed by atoms with van der Waals surface area (Å²) in [4.78, 5) is 17.8. The van der Waals surface area contributed by atoms with Gasteiger partial charge in [-0.2, -0.15) is 0 Å². The van der Waals surface area contributed by atoms with Crippen molar-refractivity contribution in [2.24, 2.45) is 0 Å². The average Bonchev–Trinajstić information content (AvgIpc) is 2.06. The number of carboxylic acid groups (broad SMARTS) is 1. The third kappa shape index (κ3) is 3.71. The summed E-state index contributed by atoms with van der Waals surface area (Å²) in [7, 11) is 0. The van der Waals surface area contributed by atoms with E-state index < -0.39 is 4.92 Å². The maximum atomic E-state index is 10.1. The largest absolute Gasteiger partial charge is 0.502 e. The van der Waals surface area contributed by atoms with E-state index in [0.29, 0.717) is 0 Å². The van der Waals surface area contributed by atoms with E-state index in [2.05, 4.69) is 0 Å². The normalized spacial score (nSPS) is 8.00. The number of para-hydroxylation sites is 2. The summed E-state index contributed by atoms with van der Waals surface area (Å²) in [6, 6.07) is 5.55. The third-order valence-electron chi connectivity index (χ3n) is 1.08. The van der Waals surface area contributed by atoms with E-state index in [1.54, 1.807) is 0 Å². The fraction of sp³-hybridized carbons (Fsp3) is 0. The van der Waals surface area contributed by atoms with Crippen LogP contribution in [0.15, 0.2) is 24.3 Å². The summed E-state index contributed by atoms with van der Waals surface area (Å²) >= 11 is 0. The number of hydrogen-bond acceptors (Lipinski definition) is 4. The van der Waals surface area contributed by atoms with Crippen molar-refractivity contribution in [3.05, 3.63) is 34.4 Å². The maximum Gasteiger partial charge on any atom is 0.310 e. The fourth-order valence-electron chi connectivity index (χ4n) is 0.619. The van der Waals surface area contributed by atoms with Crippen molar-refractivity contribution >= 4 is 12.2 Å². The topological polar surface area (TPSA) is 101 Å². The Kier molecular flexibility index (Phi) is 4.63. The SMILES string of the molecule is O=CO.O=[N+]([O-])c1ccccc1O. The minimum Gasteiger partial charge on any atom is -0.502 e. The van der Waals surface area contributed by atoms with Gasteiger partial charge in [0.25, 0.3) is 6.47 Å². The van der Waals surface area contributed by atoms with Crippen LogP contribution in [0.3, 0.4) is 0 Å². The number of hydrogen-bond donors (Lipinski definition) is 2. The molecule has 70 valence electrons. The van der Waals surface area contributed by atoms with Crippen LogP contribution >= 0.6 is 0 Å². The number of phenols is 1. The zero-order valence-electron chi connectivity index (χ0n) is 6.45. The molecule has 0 aliphatic rings. The van der Waals surface area contributed by atoms with Crippen LogP contribution in [0.4, 0.5) is 5.69 Å². The predicted molar refractivity (Wildman–Crippen MR) is 43.5 cm³/mol. The molecule has 6 nitrogen and oxygen atoms in total. The van der Waals surface area contributed by atoms with E-state index in [9.17, 15) is 10.1 Å². The first-order valence-electron chi connectivity index (χ1n) is 3.13. The Labute approximate surface area is 73.2 Å². The first kappa shape index (κ1) is 10.9. The van der Waals surface area contributed by atoms with Gasteiger partial charge in [0.15, 0.2) is 5.75 Å². The number of aromatic hydroxyl groups is 1. The summed E-state index contributed by atoms with van der Waals surface area (Å²) in [6.45, 7) is -0.250. The molecule has 1 rings (SSSR count). The van der Waals surface area contributed by atoms with Crippen molar-refractivity contribution in [1.82, 2.24) is 0 Å². The highest BCUT2D eigenvalue weighted by Gasteiger charge is 2.09. The predicted octanol–water partition coefficient (Wildman–Crippen LogP) is 1.00. The van der Waals surface area contributed by atoms with Crippen LogP contribution in [0.1, 0.15) is 0 Å². The molecule has 0 aliphatic carbocycles. The molecule has 0 aliphatic heterocycles. The standard InChI is InChI=1S/C6H5NO3.CH2O2/c8-6-4-2-1-3-5(6)7(9)10;2-1-3/h1-4,8H;1H,(H,2,3). The van der Waals surface area contributed by atoms with Crippen molar-refractivity contribution in [2.75, 3.05) is 0 Å². The number of benzene rings is 1. The lowest BCUT2D eigenvalue weighted by molar-refractivity contribution is -0.385. The van der Waals surface area contributed by atoms with Crippen LogP contribution in [0.5, 0.6) is 5.75 Å². The Bertz CT molecular complexity index is 299. The molecule has 0 spiro atoms. The van der Waals surface area contributed by atoms with E-state index in [-0.39, 0.29) is 17.9 Å². The van der Waals surface area contributed by atoms with Crippen LogP contribution in [0.25, 0.3) is 0 Å². The van der Waals surface area contributed by atoms with Crippen molar-refractivity contribution in [2.45, 2.75) is 0 Å². The minimum absolute atomic E-state index is 0.250. The molecule has 0 amide bonds. The summed E-state index contributed by atoms with van der Waals surface area (Å²) < 4.78 is 0. The van der Waals surface area contributed by atoms with Gasteiger partial charge in [-0.15, -0.1) is 0 Å². The van der Waals surface area contributed by atoms with Gasteiger partial charge in [-0.05, 0) is 6.07 Å². The lowest BCUT2D eigenvalue weighted by atomic mass is 10.3. The van der Waals surface area contributed by atoms with Gasteiger partial charge < -0.3 is 10.2 Å². The molecule has 0 radical (unpaired) electrons. The molecule has 0 heterocycles. The number of rotatable bonds is 1. The molecule has 0 unspecified atom stereocenters. The van der Waals surface area contributed by atoms with Gasteiger partial charge in [0.2, 0.25) is 0 Å². The molecular formula is C7H7NO5. The number of carbonyl (C=O) groups is 1. The second-order valence-electron chi connectivity index (χ2n) is 1.85. The molecule has 6 heteroatoms. The van der Waals surface area contributed by atoms with Crippen molar-refractivity contribution in [1.29, 1.82) is 0 Å². The van der Waals surface area contributed by atoms with Gasteiger partial charge in [0.1, 0.15) is 0 Å². The van der Waals surface area contributed by atoms with Crippen LogP contribution < -0.4 is 0 Å². The molecule has 0 fully saturated rings. The molecule has 0 saturated carbocycles. The Hall–Kier alpha value is -2.11. The van der Waals surface area contributed by atoms with Crippen molar-refractivity contribution < 1.29 is 19.9 Å². The molecular weight excluding hydrogens is 178 g/mol. The highest BCUT2D eigenvalue weighted by molar-refractivity contribution is 5.44. The fourth-order valence-corrected chi connectivity index (χ4v) is 0.619. The van der Waals surface area contributed by atoms with Gasteiger partial charge in [0.05, 0.1) is 4.92 Å². The van der Waals surface area contributed by atoms with Crippen LogP contribution in [0, 0.1) is 10.1 Å². The molecule has 1 aromatic carbocycles. The lowest BCUT2D eigenvalue weighted by Crippen LogP contribution is -1.86. The summed E-state index contributed by atoms with van der Waals surface area (Å²) in [5, 5.41) is 25.8. The van der Waals surface area contributed by atoms with Crippen LogP contribution in [0.2, 0.25) is 0 Å². The van der Waals surface area contributed by atoms with Crippen molar-refractivity contribution in [3.63, 3.8) is 0 Å². The lowest BCUT2D eigenvalue weighted by Gasteiger charge is -1.91. The molecule has 0 saturated heterocycles. The van der Waals surface area contributed by atoms with E-state index in [4.69, 9.17) is 15.0 Å². The minimum atomic E-state index is -0.630. The monoisotopic (exact) mass is 185 g/mol. The second kappa shape index (κ2) is 5.53. The van der Waals surface area contributed by atoms with Gasteiger partial charge in [-0.3, -0.25) is 14.9 Å². The smallest absolute Gasteiger partial charge is 0.310 e. The molecule has 2 N–H and O–H groups in total. The number of nitro benzene ring substituents is 1. The Balaban J connectivity index is 0.000000424. The van der Waals surface area contributed by atoms with E-state index in [1.165, 1.54) is 24.3 Å². The number of phenolic OH excluding ortho intramolecular Hbond substituents is 1. The van der Waals surface area contributed by atoms with E-state index in [1.807, 2.05) is 0 Å². The van der Waals surface area contributed by atoms with E-state index >= 15 is 0 Å². The summed E-state index contributed by atoms with van der Waals surface area (Å²) in [5.74, 6) is -0.299. The van der Waals surface area contributed by atoms with Gasteiger partial charge in [-0.1, -0.05) is 12.1 Å². The van der Waals surface area contributed by atoms with Gasteiger partial charge >= 0.3 is 5.69 Å². The highest BCUT2D eigenvalue weighted by Crippen LogP contribution is 2.23. The highest BCUT2D eigenvalue weighted by atomic mass is 16.6. The summed E-state index contributed by atoms with van der Waals surface area (Å²) in [6.07, 6.45) is 0. The Morgan fingerprint density at radius 1 is 1.38 bits per heavy atom. The van der Waals surface area contributed by atoms with Crippen molar-refractivity contribution in [3.8, 4) is 5.75 Å². The quantitative estimate of drug-likeness (QED) is 0.386. The average molecular weight is 185 g/mol. The molecule has 13 heavy (non-hydrogen) atoms. The maximum absolute atomic E-state index is 10.1. The summed E-state index contributed by atoms with van der Waals surface area (Å²) in [5.41, 5.74) is -0.262. The zero-order valence-corrected chi connectivity index (χ0v) is 6.45. The molecule has 0 aromatic heterocycles. The number of nitrogens with zero attached hydrogens (tertiary/aromatic N) is 1. The van der Waals surface area contributed by atoms with Gasteiger partial charge in [0, 0.05) is 6.07 Å². The molecule has 0 atom stereocenters. The van der Waals surface area contributed by atoms with Gasteiger partial charge in [-0.25, -0.2) is 0 Å². The first-order chi connectivity index (χ1) is 6.13. The molecule has 0 bridgehead atoms. The van der Waals surface area contributed by atoms with E-state index in [0.717, 1.165) is 0 Å². The Morgan fingerprint density at radius 2 is 1.85 bits per heavy atom.